The van der Waals surface area contributed by atoms with Crippen LogP contribution in [0, 0.1) is 0 Å². The molecule has 0 spiro atoms. The summed E-state index contributed by atoms with van der Waals surface area (Å²) < 4.78 is 11.2. The van der Waals surface area contributed by atoms with Gasteiger partial charge in [0.05, 0.1) is 12.2 Å². The van der Waals surface area contributed by atoms with Crippen LogP contribution in [0.2, 0.25) is 0 Å². The second kappa shape index (κ2) is 9.72. The van der Waals surface area contributed by atoms with Gasteiger partial charge in [0.1, 0.15) is 0 Å². The van der Waals surface area contributed by atoms with Gasteiger partial charge in [-0.1, -0.05) is 13.8 Å². The first kappa shape index (κ1) is 17.9. The first-order valence-corrected chi connectivity index (χ1v) is 8.28. The minimum absolute atomic E-state index is 0.222. The molecule has 0 saturated heterocycles. The summed E-state index contributed by atoms with van der Waals surface area (Å²) in [5.74, 6) is 0. The molecule has 0 amide bonds. The summed E-state index contributed by atoms with van der Waals surface area (Å²) in [5, 5.41) is 3.69. The maximum atomic E-state index is 5.66. The van der Waals surface area contributed by atoms with Crippen LogP contribution in [0.4, 0.5) is 0 Å². The smallest absolute Gasteiger partial charge is 0.0986 e. The number of ether oxygens (including phenoxy) is 2. The van der Waals surface area contributed by atoms with Crippen molar-refractivity contribution in [3.8, 4) is 0 Å². The first-order chi connectivity index (χ1) is 9.65. The second-order valence-corrected chi connectivity index (χ2v) is 5.77. The summed E-state index contributed by atoms with van der Waals surface area (Å²) in [5.41, 5.74) is 0. The molecule has 0 radical (unpaired) electrons. The molecule has 0 bridgehead atoms. The summed E-state index contributed by atoms with van der Waals surface area (Å²) >= 11 is 0. The lowest BCUT2D eigenvalue weighted by atomic mass is 9.84. The molecular formula is C16H34N2O2. The van der Waals surface area contributed by atoms with Gasteiger partial charge in [-0.15, -0.1) is 0 Å². The Morgan fingerprint density at radius 2 is 1.95 bits per heavy atom. The molecule has 1 aliphatic carbocycles. The Balaban J connectivity index is 2.18. The SMILES string of the molecule is CCOC1CC(NC(C)CCCN(CC)CC)C1OC. The molecule has 1 aliphatic rings. The van der Waals surface area contributed by atoms with Crippen LogP contribution in [0.5, 0.6) is 0 Å². The minimum Gasteiger partial charge on any atom is -0.377 e. The zero-order valence-corrected chi connectivity index (χ0v) is 14.0. The van der Waals surface area contributed by atoms with E-state index in [0.717, 1.165) is 26.1 Å². The fraction of sp³-hybridized carbons (Fsp3) is 1.00. The minimum atomic E-state index is 0.222. The van der Waals surface area contributed by atoms with Crippen molar-refractivity contribution in [2.45, 2.75) is 71.2 Å². The molecule has 1 rings (SSSR count). The molecule has 0 aromatic rings. The molecule has 20 heavy (non-hydrogen) atoms. The molecule has 1 fully saturated rings. The van der Waals surface area contributed by atoms with E-state index in [2.05, 4.69) is 31.0 Å². The number of rotatable bonds is 11. The average molecular weight is 286 g/mol. The molecule has 1 saturated carbocycles. The quantitative estimate of drug-likeness (QED) is 0.632. The normalized spacial score (nSPS) is 27.6. The molecule has 4 unspecified atom stereocenters. The van der Waals surface area contributed by atoms with Crippen LogP contribution < -0.4 is 5.32 Å². The van der Waals surface area contributed by atoms with E-state index in [4.69, 9.17) is 9.47 Å². The van der Waals surface area contributed by atoms with Gasteiger partial charge in [0, 0.05) is 25.8 Å². The molecule has 0 aliphatic heterocycles. The summed E-state index contributed by atoms with van der Waals surface area (Å²) in [6, 6.07) is 1.01. The van der Waals surface area contributed by atoms with E-state index >= 15 is 0 Å². The summed E-state index contributed by atoms with van der Waals surface area (Å²) in [6.07, 6.45) is 4.07. The van der Waals surface area contributed by atoms with Gasteiger partial charge < -0.3 is 19.7 Å². The van der Waals surface area contributed by atoms with E-state index < -0.39 is 0 Å². The third kappa shape index (κ3) is 5.32. The highest BCUT2D eigenvalue weighted by molar-refractivity contribution is 4.98. The Morgan fingerprint density at radius 3 is 2.50 bits per heavy atom. The van der Waals surface area contributed by atoms with Crippen LogP contribution in [-0.2, 0) is 9.47 Å². The molecule has 0 aromatic carbocycles. The molecule has 0 heterocycles. The van der Waals surface area contributed by atoms with Crippen LogP contribution in [0.1, 0.15) is 47.0 Å². The second-order valence-electron chi connectivity index (χ2n) is 5.77. The van der Waals surface area contributed by atoms with E-state index in [1.165, 1.54) is 19.4 Å². The topological polar surface area (TPSA) is 33.7 Å². The van der Waals surface area contributed by atoms with E-state index in [0.29, 0.717) is 12.1 Å². The summed E-state index contributed by atoms with van der Waals surface area (Å²) in [6.45, 7) is 13.1. The Kier molecular flexibility index (Phi) is 8.69. The standard InChI is InChI=1S/C16H34N2O2/c1-6-18(7-2)11-9-10-13(4)17-14-12-15(20-8-3)16(14)19-5/h13-17H,6-12H2,1-5H3. The van der Waals surface area contributed by atoms with Gasteiger partial charge in [-0.2, -0.15) is 0 Å². The van der Waals surface area contributed by atoms with Crippen LogP contribution in [0.3, 0.4) is 0 Å². The van der Waals surface area contributed by atoms with Gasteiger partial charge in [-0.05, 0) is 52.7 Å². The molecule has 0 aromatic heterocycles. The fourth-order valence-electron chi connectivity index (χ4n) is 3.05. The van der Waals surface area contributed by atoms with Crippen molar-refractivity contribution in [3.05, 3.63) is 0 Å². The summed E-state index contributed by atoms with van der Waals surface area (Å²) in [7, 11) is 1.79. The molecule has 4 nitrogen and oxygen atoms in total. The zero-order valence-electron chi connectivity index (χ0n) is 14.0. The van der Waals surface area contributed by atoms with Crippen LogP contribution in [0.15, 0.2) is 0 Å². The van der Waals surface area contributed by atoms with Gasteiger partial charge in [0.15, 0.2) is 0 Å². The number of hydrogen-bond donors (Lipinski definition) is 1. The van der Waals surface area contributed by atoms with E-state index in [-0.39, 0.29) is 12.2 Å². The molecule has 1 N–H and O–H groups in total. The van der Waals surface area contributed by atoms with Gasteiger partial charge in [-0.25, -0.2) is 0 Å². The Labute approximate surface area is 125 Å². The summed E-state index contributed by atoms with van der Waals surface area (Å²) in [4.78, 5) is 2.49. The monoisotopic (exact) mass is 286 g/mol. The Hall–Kier alpha value is -0.160. The lowest BCUT2D eigenvalue weighted by Crippen LogP contribution is -2.61. The maximum absolute atomic E-state index is 5.66. The first-order valence-electron chi connectivity index (χ1n) is 8.28. The average Bonchev–Trinajstić information content (AvgIpc) is 2.42. The number of nitrogens with one attached hydrogen (secondary N) is 1. The zero-order chi connectivity index (χ0) is 15.0. The molecule has 4 atom stereocenters. The van der Waals surface area contributed by atoms with E-state index in [9.17, 15) is 0 Å². The van der Waals surface area contributed by atoms with E-state index in [1.54, 1.807) is 7.11 Å². The van der Waals surface area contributed by atoms with Crippen LogP contribution in [0.25, 0.3) is 0 Å². The predicted octanol–water partition coefficient (Wildman–Crippen LogP) is 2.28. The maximum Gasteiger partial charge on any atom is 0.0986 e. The van der Waals surface area contributed by atoms with Gasteiger partial charge >= 0.3 is 0 Å². The highest BCUT2D eigenvalue weighted by atomic mass is 16.5. The largest absolute Gasteiger partial charge is 0.377 e. The van der Waals surface area contributed by atoms with Crippen molar-refractivity contribution in [2.75, 3.05) is 33.4 Å². The highest BCUT2D eigenvalue weighted by Crippen LogP contribution is 2.27. The number of hydrogen-bond acceptors (Lipinski definition) is 4. The Bertz CT molecular complexity index is 247. The number of methoxy groups -OCH3 is 1. The van der Waals surface area contributed by atoms with Gasteiger partial charge in [0.2, 0.25) is 0 Å². The van der Waals surface area contributed by atoms with Crippen molar-refractivity contribution >= 4 is 0 Å². The lowest BCUT2D eigenvalue weighted by molar-refractivity contribution is -0.133. The van der Waals surface area contributed by atoms with E-state index in [1.807, 2.05) is 6.92 Å². The lowest BCUT2D eigenvalue weighted by Gasteiger charge is -2.44. The number of nitrogens with zero attached hydrogens (tertiary/aromatic N) is 1. The van der Waals surface area contributed by atoms with Gasteiger partial charge in [-0.3, -0.25) is 0 Å². The van der Waals surface area contributed by atoms with Crippen LogP contribution >= 0.6 is 0 Å². The Morgan fingerprint density at radius 1 is 1.25 bits per heavy atom. The predicted molar refractivity (Wildman–Crippen MR) is 84.2 cm³/mol. The molecule has 4 heteroatoms. The molecular weight excluding hydrogens is 252 g/mol. The van der Waals surface area contributed by atoms with Crippen molar-refractivity contribution in [2.24, 2.45) is 0 Å². The molecule has 120 valence electrons. The highest BCUT2D eigenvalue weighted by Gasteiger charge is 2.42. The van der Waals surface area contributed by atoms with Crippen molar-refractivity contribution in [3.63, 3.8) is 0 Å². The van der Waals surface area contributed by atoms with Crippen molar-refractivity contribution in [1.29, 1.82) is 0 Å². The van der Waals surface area contributed by atoms with Crippen LogP contribution in [-0.4, -0.2) is 62.5 Å². The fourth-order valence-corrected chi connectivity index (χ4v) is 3.05. The van der Waals surface area contributed by atoms with Crippen molar-refractivity contribution < 1.29 is 9.47 Å². The third-order valence-electron chi connectivity index (χ3n) is 4.41. The van der Waals surface area contributed by atoms with Gasteiger partial charge in [0.25, 0.3) is 0 Å². The van der Waals surface area contributed by atoms with Crippen molar-refractivity contribution in [1.82, 2.24) is 10.2 Å². The third-order valence-corrected chi connectivity index (χ3v) is 4.41.